The Kier molecular flexibility index (Phi) is 4.97. The van der Waals surface area contributed by atoms with Crippen LogP contribution >= 0.6 is 0 Å². The summed E-state index contributed by atoms with van der Waals surface area (Å²) >= 11 is 0. The number of hydrogen-bond donors (Lipinski definition) is 1. The van der Waals surface area contributed by atoms with E-state index in [0.29, 0.717) is 30.5 Å². The molecule has 0 spiro atoms. The van der Waals surface area contributed by atoms with Gasteiger partial charge in [0.2, 0.25) is 0 Å². The summed E-state index contributed by atoms with van der Waals surface area (Å²) in [5.41, 5.74) is 0.938. The van der Waals surface area contributed by atoms with Crippen LogP contribution < -0.4 is 0 Å². The molecule has 1 atom stereocenters. The molecule has 1 fully saturated rings. The first-order valence-corrected chi connectivity index (χ1v) is 8.14. The van der Waals surface area contributed by atoms with Crippen molar-refractivity contribution in [2.24, 2.45) is 5.92 Å². The maximum atomic E-state index is 13.4. The number of likely N-dealkylation sites (tertiary alicyclic amines) is 1. The molecule has 3 rings (SSSR count). The molecular weight excluding hydrogens is 347 g/mol. The van der Waals surface area contributed by atoms with Crippen molar-refractivity contribution in [2.75, 3.05) is 13.1 Å². The molecule has 1 saturated heterocycles. The third kappa shape index (κ3) is 3.56. The zero-order chi connectivity index (χ0) is 18.8. The van der Waals surface area contributed by atoms with E-state index in [9.17, 15) is 22.8 Å². The van der Waals surface area contributed by atoms with Gasteiger partial charge in [-0.3, -0.25) is 9.59 Å². The van der Waals surface area contributed by atoms with E-state index >= 15 is 0 Å². The van der Waals surface area contributed by atoms with Gasteiger partial charge in [0.15, 0.2) is 17.5 Å². The summed E-state index contributed by atoms with van der Waals surface area (Å²) in [7, 11) is 0. The molecule has 136 valence electrons. The van der Waals surface area contributed by atoms with Crippen molar-refractivity contribution in [3.05, 3.63) is 59.4 Å². The topological polar surface area (TPSA) is 57.6 Å². The van der Waals surface area contributed by atoms with Gasteiger partial charge in [-0.15, -0.1) is 0 Å². The summed E-state index contributed by atoms with van der Waals surface area (Å²) in [4.78, 5) is 25.1. The molecule has 0 saturated carbocycles. The number of halogens is 3. The first-order chi connectivity index (χ1) is 12.4. The Morgan fingerprint density at radius 3 is 2.19 bits per heavy atom. The molecule has 0 aliphatic carbocycles. The number of benzene rings is 2. The van der Waals surface area contributed by atoms with Gasteiger partial charge in [0, 0.05) is 18.7 Å². The molecule has 1 aliphatic heterocycles. The van der Waals surface area contributed by atoms with Crippen LogP contribution in [0.25, 0.3) is 11.1 Å². The Labute approximate surface area is 147 Å². The second kappa shape index (κ2) is 7.19. The van der Waals surface area contributed by atoms with Crippen molar-refractivity contribution >= 4 is 11.9 Å². The average Bonchev–Trinajstić information content (AvgIpc) is 2.65. The molecule has 0 unspecified atom stereocenters. The van der Waals surface area contributed by atoms with Gasteiger partial charge < -0.3 is 10.0 Å². The monoisotopic (exact) mass is 363 g/mol. The van der Waals surface area contributed by atoms with Crippen molar-refractivity contribution in [1.82, 2.24) is 4.90 Å². The first-order valence-electron chi connectivity index (χ1n) is 8.14. The molecule has 26 heavy (non-hydrogen) atoms. The Morgan fingerprint density at radius 1 is 1.00 bits per heavy atom. The highest BCUT2D eigenvalue weighted by Crippen LogP contribution is 2.25. The lowest BCUT2D eigenvalue weighted by Crippen LogP contribution is -2.42. The zero-order valence-corrected chi connectivity index (χ0v) is 13.7. The summed E-state index contributed by atoms with van der Waals surface area (Å²) in [6.45, 7) is 0.642. The molecule has 1 N–H and O–H groups in total. The molecule has 4 nitrogen and oxygen atoms in total. The van der Waals surface area contributed by atoms with Crippen molar-refractivity contribution in [2.45, 2.75) is 12.8 Å². The van der Waals surface area contributed by atoms with Crippen LogP contribution in [0.1, 0.15) is 23.2 Å². The summed E-state index contributed by atoms with van der Waals surface area (Å²) in [6.07, 6.45) is 1.16. The molecule has 1 amide bonds. The van der Waals surface area contributed by atoms with E-state index in [1.54, 1.807) is 0 Å². The maximum absolute atomic E-state index is 13.4. The number of rotatable bonds is 3. The standard InChI is InChI=1S/C19H16F3NO3/c20-15-8-14(9-16(21)17(15)22)11-3-5-12(6-4-11)18(24)23-7-1-2-13(10-23)19(25)26/h3-6,8-9,13H,1-2,7,10H2,(H,25,26)/t13-/m0/s1. The summed E-state index contributed by atoms with van der Waals surface area (Å²) in [5.74, 6) is -5.88. The highest BCUT2D eigenvalue weighted by molar-refractivity contribution is 5.95. The van der Waals surface area contributed by atoms with Crippen LogP contribution in [0.3, 0.4) is 0 Å². The lowest BCUT2D eigenvalue weighted by atomic mass is 9.97. The minimum Gasteiger partial charge on any atom is -0.481 e. The van der Waals surface area contributed by atoms with Crippen LogP contribution in [0.15, 0.2) is 36.4 Å². The number of carboxylic acid groups (broad SMARTS) is 1. The third-order valence-corrected chi connectivity index (χ3v) is 4.51. The predicted molar refractivity (Wildman–Crippen MR) is 88.0 cm³/mol. The van der Waals surface area contributed by atoms with Crippen molar-refractivity contribution in [3.8, 4) is 11.1 Å². The number of carbonyl (C=O) groups excluding carboxylic acids is 1. The van der Waals surface area contributed by atoms with Gasteiger partial charge in [-0.25, -0.2) is 13.2 Å². The van der Waals surface area contributed by atoms with Crippen molar-refractivity contribution < 1.29 is 27.9 Å². The van der Waals surface area contributed by atoms with Gasteiger partial charge in [0.25, 0.3) is 5.91 Å². The van der Waals surface area contributed by atoms with Gasteiger partial charge in [0.05, 0.1) is 5.92 Å². The molecule has 2 aromatic carbocycles. The van der Waals surface area contributed by atoms with Crippen LogP contribution in [0, 0.1) is 23.4 Å². The van der Waals surface area contributed by atoms with Gasteiger partial charge in [0.1, 0.15) is 0 Å². The van der Waals surface area contributed by atoms with E-state index in [-0.39, 0.29) is 18.0 Å². The lowest BCUT2D eigenvalue weighted by molar-refractivity contribution is -0.143. The fourth-order valence-corrected chi connectivity index (χ4v) is 3.07. The highest BCUT2D eigenvalue weighted by Gasteiger charge is 2.28. The predicted octanol–water partition coefficient (Wildman–Crippen LogP) is 3.71. The first kappa shape index (κ1) is 18.0. The summed E-state index contributed by atoms with van der Waals surface area (Å²) in [6, 6.07) is 7.80. The molecule has 0 radical (unpaired) electrons. The number of piperidine rings is 1. The van der Waals surface area contributed by atoms with E-state index in [0.717, 1.165) is 12.1 Å². The molecule has 2 aromatic rings. The minimum absolute atomic E-state index is 0.157. The normalized spacial score (nSPS) is 17.2. The smallest absolute Gasteiger partial charge is 0.308 e. The molecule has 0 bridgehead atoms. The van der Waals surface area contributed by atoms with Crippen LogP contribution in [0.5, 0.6) is 0 Å². The second-order valence-corrected chi connectivity index (χ2v) is 6.26. The molecule has 0 aromatic heterocycles. The average molecular weight is 363 g/mol. The number of carbonyl (C=O) groups is 2. The van der Waals surface area contributed by atoms with Crippen LogP contribution in [-0.2, 0) is 4.79 Å². The van der Waals surface area contributed by atoms with Crippen LogP contribution in [0.2, 0.25) is 0 Å². The molecule has 1 aliphatic rings. The van der Waals surface area contributed by atoms with E-state index in [2.05, 4.69) is 0 Å². The largest absolute Gasteiger partial charge is 0.481 e. The summed E-state index contributed by atoms with van der Waals surface area (Å²) < 4.78 is 39.8. The Hall–Kier alpha value is -2.83. The Bertz CT molecular complexity index is 829. The van der Waals surface area contributed by atoms with E-state index in [1.807, 2.05) is 0 Å². The minimum atomic E-state index is -1.53. The van der Waals surface area contributed by atoms with Gasteiger partial charge in [-0.2, -0.15) is 0 Å². The van der Waals surface area contributed by atoms with E-state index < -0.39 is 29.3 Å². The highest BCUT2D eigenvalue weighted by atomic mass is 19.2. The second-order valence-electron chi connectivity index (χ2n) is 6.26. The number of nitrogens with zero attached hydrogens (tertiary/aromatic N) is 1. The van der Waals surface area contributed by atoms with Gasteiger partial charge in [-0.05, 0) is 48.2 Å². The van der Waals surface area contributed by atoms with Gasteiger partial charge >= 0.3 is 5.97 Å². The maximum Gasteiger partial charge on any atom is 0.308 e. The Morgan fingerprint density at radius 2 is 1.62 bits per heavy atom. The van der Waals surface area contributed by atoms with Crippen molar-refractivity contribution in [3.63, 3.8) is 0 Å². The van der Waals surface area contributed by atoms with Crippen LogP contribution in [-0.4, -0.2) is 35.0 Å². The molecule has 7 heteroatoms. The Balaban J connectivity index is 1.79. The lowest BCUT2D eigenvalue weighted by Gasteiger charge is -2.30. The van der Waals surface area contributed by atoms with Crippen LogP contribution in [0.4, 0.5) is 13.2 Å². The molecular formula is C19H16F3NO3. The van der Waals surface area contributed by atoms with E-state index in [4.69, 9.17) is 5.11 Å². The fourth-order valence-electron chi connectivity index (χ4n) is 3.07. The summed E-state index contributed by atoms with van der Waals surface area (Å²) in [5, 5.41) is 9.11. The van der Waals surface area contributed by atoms with Gasteiger partial charge in [-0.1, -0.05) is 12.1 Å². The van der Waals surface area contributed by atoms with Crippen molar-refractivity contribution in [1.29, 1.82) is 0 Å². The number of hydrogen-bond acceptors (Lipinski definition) is 2. The molecule has 1 heterocycles. The fraction of sp³-hybridized carbons (Fsp3) is 0.263. The SMILES string of the molecule is O=C(O)[C@H]1CCCN(C(=O)c2ccc(-c3cc(F)c(F)c(F)c3)cc2)C1. The zero-order valence-electron chi connectivity index (χ0n) is 13.7. The number of amides is 1. The quantitative estimate of drug-likeness (QED) is 0.846. The third-order valence-electron chi connectivity index (χ3n) is 4.51. The number of carboxylic acids is 1. The van der Waals surface area contributed by atoms with E-state index in [1.165, 1.54) is 29.2 Å². The number of aliphatic carboxylic acids is 1.